The molecule has 5 nitrogen and oxygen atoms in total. The lowest BCUT2D eigenvalue weighted by atomic mass is 9.43. The van der Waals surface area contributed by atoms with Gasteiger partial charge in [0, 0.05) is 5.92 Å². The lowest BCUT2D eigenvalue weighted by Crippen LogP contribution is -2.56. The van der Waals surface area contributed by atoms with Crippen molar-refractivity contribution in [1.82, 2.24) is 5.32 Å². The smallest absolute Gasteiger partial charge is 0.407 e. The molecule has 150 valence electrons. The molecule has 2 aromatic rings. The van der Waals surface area contributed by atoms with Crippen LogP contribution in [0.2, 0.25) is 0 Å². The summed E-state index contributed by atoms with van der Waals surface area (Å²) < 4.78 is 10.5. The Kier molecular flexibility index (Phi) is 4.34. The molecule has 4 aliphatic rings. The molecule has 3 fully saturated rings. The third-order valence-electron chi connectivity index (χ3n) is 6.92. The van der Waals surface area contributed by atoms with Crippen LogP contribution in [0, 0.1) is 11.3 Å². The van der Waals surface area contributed by atoms with Crippen LogP contribution in [0.1, 0.15) is 42.7 Å². The molecule has 0 spiro atoms. The van der Waals surface area contributed by atoms with Crippen LogP contribution >= 0.6 is 0 Å². The Bertz CT molecular complexity index is 906. The second kappa shape index (κ2) is 6.90. The Hall–Kier alpha value is -2.82. The van der Waals surface area contributed by atoms with Crippen molar-refractivity contribution in [3.05, 3.63) is 59.7 Å². The minimum absolute atomic E-state index is 0.00217. The van der Waals surface area contributed by atoms with E-state index in [2.05, 4.69) is 29.6 Å². The van der Waals surface area contributed by atoms with Crippen molar-refractivity contribution >= 4 is 12.1 Å². The van der Waals surface area contributed by atoms with Gasteiger partial charge in [0.1, 0.15) is 12.6 Å². The Morgan fingerprint density at radius 3 is 2.14 bits per heavy atom. The third kappa shape index (κ3) is 3.09. The molecule has 2 bridgehead atoms. The van der Waals surface area contributed by atoms with Gasteiger partial charge in [-0.25, -0.2) is 9.59 Å². The van der Waals surface area contributed by atoms with Crippen molar-refractivity contribution in [2.45, 2.75) is 37.6 Å². The van der Waals surface area contributed by atoms with Crippen LogP contribution in [-0.4, -0.2) is 31.8 Å². The lowest BCUT2D eigenvalue weighted by Gasteiger charge is -2.62. The minimum Gasteiger partial charge on any atom is -0.467 e. The molecule has 4 aliphatic carbocycles. The maximum atomic E-state index is 12.5. The number of alkyl carbamates (subject to hydrolysis) is 1. The van der Waals surface area contributed by atoms with E-state index in [4.69, 9.17) is 9.47 Å². The van der Waals surface area contributed by atoms with Gasteiger partial charge in [0.25, 0.3) is 0 Å². The van der Waals surface area contributed by atoms with Crippen molar-refractivity contribution in [2.75, 3.05) is 13.7 Å². The summed E-state index contributed by atoms with van der Waals surface area (Å²) in [6.07, 6.45) is 3.56. The highest BCUT2D eigenvalue weighted by molar-refractivity contribution is 5.82. The average Bonchev–Trinajstić information content (AvgIpc) is 3.00. The van der Waals surface area contributed by atoms with Gasteiger partial charge < -0.3 is 14.8 Å². The van der Waals surface area contributed by atoms with E-state index in [0.717, 1.165) is 25.2 Å². The largest absolute Gasteiger partial charge is 0.467 e. The van der Waals surface area contributed by atoms with E-state index in [1.165, 1.54) is 29.4 Å². The van der Waals surface area contributed by atoms with Crippen LogP contribution < -0.4 is 5.32 Å². The summed E-state index contributed by atoms with van der Waals surface area (Å²) in [7, 11) is 1.36. The van der Waals surface area contributed by atoms with E-state index < -0.39 is 18.1 Å². The van der Waals surface area contributed by atoms with Crippen molar-refractivity contribution < 1.29 is 19.1 Å². The fraction of sp³-hybridized carbons (Fsp3) is 0.417. The zero-order chi connectivity index (χ0) is 20.0. The van der Waals surface area contributed by atoms with E-state index in [-0.39, 0.29) is 17.9 Å². The van der Waals surface area contributed by atoms with E-state index in [9.17, 15) is 9.59 Å². The number of hydrogen-bond acceptors (Lipinski definition) is 4. The predicted molar refractivity (Wildman–Crippen MR) is 108 cm³/mol. The van der Waals surface area contributed by atoms with Crippen LogP contribution in [0.3, 0.4) is 0 Å². The lowest BCUT2D eigenvalue weighted by molar-refractivity contribution is -0.152. The molecular weight excluding hydrogens is 366 g/mol. The molecule has 2 aromatic carbocycles. The maximum absolute atomic E-state index is 12.5. The summed E-state index contributed by atoms with van der Waals surface area (Å²) in [4.78, 5) is 24.7. The van der Waals surface area contributed by atoms with Gasteiger partial charge in [0.05, 0.1) is 7.11 Å². The van der Waals surface area contributed by atoms with Crippen molar-refractivity contribution in [2.24, 2.45) is 11.3 Å². The van der Waals surface area contributed by atoms with Crippen LogP contribution in [0.5, 0.6) is 0 Å². The number of carbonyl (C=O) groups excluding carboxylic acids is 2. The first-order valence-corrected chi connectivity index (χ1v) is 10.3. The monoisotopic (exact) mass is 391 g/mol. The standard InChI is InChI=1S/C24H25NO4/c1-28-22(26)21(13-24-10-15(11-24)12-24)25-23(27)29-14-20-18-8-4-2-6-16(18)17-7-3-5-9-19(17)20/h2-9,15,20-21H,10-14H2,1H3,(H,25,27)/t15?,21-,24?/m0/s1. The van der Waals surface area contributed by atoms with Crippen molar-refractivity contribution in [1.29, 1.82) is 0 Å². The van der Waals surface area contributed by atoms with E-state index in [1.54, 1.807) is 0 Å². The van der Waals surface area contributed by atoms with Gasteiger partial charge in [-0.05, 0) is 59.3 Å². The van der Waals surface area contributed by atoms with E-state index in [1.807, 2.05) is 24.3 Å². The van der Waals surface area contributed by atoms with Crippen LogP contribution in [0.25, 0.3) is 11.1 Å². The molecule has 5 heteroatoms. The molecule has 1 amide bonds. The number of esters is 1. The first-order chi connectivity index (χ1) is 14.1. The zero-order valence-corrected chi connectivity index (χ0v) is 16.5. The zero-order valence-electron chi connectivity index (χ0n) is 16.5. The Balaban J connectivity index is 1.26. The first kappa shape index (κ1) is 18.2. The predicted octanol–water partition coefficient (Wildman–Crippen LogP) is 4.26. The number of hydrogen-bond donors (Lipinski definition) is 1. The normalized spacial score (nSPS) is 24.4. The SMILES string of the molecule is COC(=O)[C@H](CC12CC(C1)C2)NC(=O)OCC1c2ccccc2-c2ccccc21. The summed E-state index contributed by atoms with van der Waals surface area (Å²) in [5.74, 6) is 0.424. The molecule has 3 saturated carbocycles. The molecule has 6 rings (SSSR count). The van der Waals surface area contributed by atoms with Gasteiger partial charge in [-0.1, -0.05) is 48.5 Å². The summed E-state index contributed by atoms with van der Waals surface area (Å²) >= 11 is 0. The number of methoxy groups -OCH3 is 1. The van der Waals surface area contributed by atoms with Crippen LogP contribution in [-0.2, 0) is 14.3 Å². The maximum Gasteiger partial charge on any atom is 0.407 e. The number of ether oxygens (including phenoxy) is 2. The fourth-order valence-electron chi connectivity index (χ4n) is 5.46. The number of nitrogens with one attached hydrogen (secondary N) is 1. The second-order valence-corrected chi connectivity index (χ2v) is 8.73. The molecule has 1 atom stereocenters. The van der Waals surface area contributed by atoms with Crippen LogP contribution in [0.15, 0.2) is 48.5 Å². The summed E-state index contributed by atoms with van der Waals surface area (Å²) in [6, 6.07) is 15.8. The summed E-state index contributed by atoms with van der Waals surface area (Å²) in [6.45, 7) is 0.237. The summed E-state index contributed by atoms with van der Waals surface area (Å²) in [5.41, 5.74) is 4.93. The van der Waals surface area contributed by atoms with E-state index in [0.29, 0.717) is 6.42 Å². The Morgan fingerprint density at radius 1 is 1.03 bits per heavy atom. The molecule has 0 saturated heterocycles. The Morgan fingerprint density at radius 2 is 1.62 bits per heavy atom. The highest BCUT2D eigenvalue weighted by Gasteiger charge is 2.57. The quantitative estimate of drug-likeness (QED) is 0.748. The van der Waals surface area contributed by atoms with Gasteiger partial charge in [-0.3, -0.25) is 0 Å². The molecule has 29 heavy (non-hydrogen) atoms. The molecule has 1 N–H and O–H groups in total. The molecule has 0 unspecified atom stereocenters. The van der Waals surface area contributed by atoms with Gasteiger partial charge in [-0.15, -0.1) is 0 Å². The van der Waals surface area contributed by atoms with Gasteiger partial charge >= 0.3 is 12.1 Å². The van der Waals surface area contributed by atoms with Crippen LogP contribution in [0.4, 0.5) is 4.79 Å². The minimum atomic E-state index is -0.642. The van der Waals surface area contributed by atoms with Gasteiger partial charge in [-0.2, -0.15) is 0 Å². The number of fused-ring (bicyclic) bond motifs is 3. The Labute approximate surface area is 170 Å². The number of benzene rings is 2. The van der Waals surface area contributed by atoms with Gasteiger partial charge in [0.2, 0.25) is 0 Å². The van der Waals surface area contributed by atoms with Gasteiger partial charge in [0.15, 0.2) is 0 Å². The third-order valence-corrected chi connectivity index (χ3v) is 6.92. The highest BCUT2D eigenvalue weighted by atomic mass is 16.6. The van der Waals surface area contributed by atoms with Crippen molar-refractivity contribution in [3.8, 4) is 11.1 Å². The molecule has 0 aromatic heterocycles. The molecule has 0 heterocycles. The highest BCUT2D eigenvalue weighted by Crippen LogP contribution is 2.66. The van der Waals surface area contributed by atoms with Crippen molar-refractivity contribution in [3.63, 3.8) is 0 Å². The fourth-order valence-corrected chi connectivity index (χ4v) is 5.46. The molecular formula is C24H25NO4. The average molecular weight is 391 g/mol. The topological polar surface area (TPSA) is 64.6 Å². The summed E-state index contributed by atoms with van der Waals surface area (Å²) in [5, 5.41) is 2.75. The molecule has 0 radical (unpaired) electrons. The number of rotatable bonds is 6. The first-order valence-electron chi connectivity index (χ1n) is 10.3. The van der Waals surface area contributed by atoms with E-state index >= 15 is 0 Å². The molecule has 0 aliphatic heterocycles. The number of amides is 1. The second-order valence-electron chi connectivity index (χ2n) is 8.73. The number of carbonyl (C=O) groups is 2.